The molecule has 1 aliphatic rings. The molecule has 0 amide bonds. The highest BCUT2D eigenvalue weighted by molar-refractivity contribution is 7.89. The highest BCUT2D eigenvalue weighted by Crippen LogP contribution is 2.28. The van der Waals surface area contributed by atoms with E-state index in [4.69, 9.17) is 11.6 Å². The van der Waals surface area contributed by atoms with E-state index in [2.05, 4.69) is 0 Å². The van der Waals surface area contributed by atoms with Gasteiger partial charge in [0.2, 0.25) is 10.0 Å². The molecule has 1 aliphatic heterocycles. The summed E-state index contributed by atoms with van der Waals surface area (Å²) in [5, 5.41) is 0.410. The van der Waals surface area contributed by atoms with Gasteiger partial charge in [0.1, 0.15) is 5.82 Å². The largest absolute Gasteiger partial charge is 0.294 e. The van der Waals surface area contributed by atoms with Gasteiger partial charge in [-0.1, -0.05) is 17.7 Å². The van der Waals surface area contributed by atoms with E-state index < -0.39 is 10.0 Å². The minimum atomic E-state index is -3.63. The zero-order chi connectivity index (χ0) is 18.9. The van der Waals surface area contributed by atoms with Crippen LogP contribution in [0.4, 0.5) is 4.39 Å². The van der Waals surface area contributed by atoms with Gasteiger partial charge >= 0.3 is 0 Å². The van der Waals surface area contributed by atoms with Crippen molar-refractivity contribution in [3.8, 4) is 0 Å². The van der Waals surface area contributed by atoms with Crippen LogP contribution in [-0.2, 0) is 10.0 Å². The molecule has 1 fully saturated rings. The topological polar surface area (TPSA) is 54.5 Å². The number of ketones is 1. The number of hydrogen-bond donors (Lipinski definition) is 0. The molecule has 4 nitrogen and oxygen atoms in total. The number of carbonyl (C=O) groups excluding carboxylic acids is 1. The first-order valence-corrected chi connectivity index (χ1v) is 10.2. The van der Waals surface area contributed by atoms with Crippen molar-refractivity contribution in [2.24, 2.45) is 5.92 Å². The Morgan fingerprint density at radius 1 is 1.12 bits per heavy atom. The van der Waals surface area contributed by atoms with E-state index in [9.17, 15) is 17.6 Å². The lowest BCUT2D eigenvalue weighted by atomic mass is 9.90. The number of benzene rings is 2. The third-order valence-electron chi connectivity index (χ3n) is 4.73. The fourth-order valence-corrected chi connectivity index (χ4v) is 4.83. The van der Waals surface area contributed by atoms with Crippen molar-refractivity contribution in [1.82, 2.24) is 4.31 Å². The minimum Gasteiger partial charge on any atom is -0.294 e. The van der Waals surface area contributed by atoms with Crippen LogP contribution in [-0.4, -0.2) is 31.6 Å². The Morgan fingerprint density at radius 2 is 1.73 bits per heavy atom. The Bertz CT molecular complexity index is 920. The van der Waals surface area contributed by atoms with Crippen LogP contribution in [0.3, 0.4) is 0 Å². The van der Waals surface area contributed by atoms with Crippen molar-refractivity contribution in [1.29, 1.82) is 0 Å². The van der Waals surface area contributed by atoms with Gasteiger partial charge in [0.25, 0.3) is 0 Å². The van der Waals surface area contributed by atoms with Crippen molar-refractivity contribution in [2.45, 2.75) is 24.7 Å². The van der Waals surface area contributed by atoms with E-state index >= 15 is 0 Å². The van der Waals surface area contributed by atoms with Crippen LogP contribution in [0.15, 0.2) is 47.4 Å². The monoisotopic (exact) mass is 395 g/mol. The van der Waals surface area contributed by atoms with E-state index in [0.29, 0.717) is 23.4 Å². The highest BCUT2D eigenvalue weighted by Gasteiger charge is 2.32. The van der Waals surface area contributed by atoms with Gasteiger partial charge in [0.05, 0.1) is 4.90 Å². The average molecular weight is 396 g/mol. The number of piperidine rings is 1. The zero-order valence-electron chi connectivity index (χ0n) is 14.3. The van der Waals surface area contributed by atoms with Gasteiger partial charge in [-0.3, -0.25) is 4.79 Å². The molecule has 3 rings (SSSR count). The lowest BCUT2D eigenvalue weighted by Crippen LogP contribution is -2.40. The molecule has 0 aliphatic carbocycles. The second-order valence-corrected chi connectivity index (χ2v) is 8.81. The van der Waals surface area contributed by atoms with Crippen molar-refractivity contribution >= 4 is 27.4 Å². The summed E-state index contributed by atoms with van der Waals surface area (Å²) in [5.41, 5.74) is 1.27. The maximum atomic E-state index is 13.0. The Labute approximate surface area is 157 Å². The summed E-state index contributed by atoms with van der Waals surface area (Å²) in [7, 11) is -3.63. The predicted octanol–water partition coefficient (Wildman–Crippen LogP) is 4.07. The van der Waals surface area contributed by atoms with Crippen molar-refractivity contribution in [3.63, 3.8) is 0 Å². The van der Waals surface area contributed by atoms with Gasteiger partial charge in [-0.15, -0.1) is 0 Å². The molecule has 2 aromatic carbocycles. The van der Waals surface area contributed by atoms with Gasteiger partial charge < -0.3 is 0 Å². The van der Waals surface area contributed by atoms with Gasteiger partial charge in [0.15, 0.2) is 5.78 Å². The summed E-state index contributed by atoms with van der Waals surface area (Å²) < 4.78 is 39.9. The number of sulfonamides is 1. The number of nitrogens with zero attached hydrogens (tertiary/aromatic N) is 1. The lowest BCUT2D eigenvalue weighted by Gasteiger charge is -2.30. The summed E-state index contributed by atoms with van der Waals surface area (Å²) in [6, 6.07) is 10.1. The summed E-state index contributed by atoms with van der Waals surface area (Å²) in [5.74, 6) is -0.715. The van der Waals surface area contributed by atoms with Gasteiger partial charge in [-0.2, -0.15) is 4.31 Å². The summed E-state index contributed by atoms with van der Waals surface area (Å²) in [4.78, 5) is 12.7. The van der Waals surface area contributed by atoms with Crippen LogP contribution in [0, 0.1) is 18.7 Å². The van der Waals surface area contributed by atoms with Crippen LogP contribution in [0.2, 0.25) is 5.02 Å². The molecule has 138 valence electrons. The van der Waals surface area contributed by atoms with Crippen molar-refractivity contribution in [2.75, 3.05) is 13.1 Å². The first-order chi connectivity index (χ1) is 12.3. The van der Waals surface area contributed by atoms with Gasteiger partial charge in [-0.05, 0) is 61.7 Å². The minimum absolute atomic E-state index is 0.0690. The molecule has 0 unspecified atom stereocenters. The van der Waals surface area contributed by atoms with E-state index in [0.717, 1.165) is 5.56 Å². The molecule has 0 N–H and O–H groups in total. The number of hydrogen-bond acceptors (Lipinski definition) is 3. The summed E-state index contributed by atoms with van der Waals surface area (Å²) in [6.45, 7) is 2.35. The summed E-state index contributed by atoms with van der Waals surface area (Å²) in [6.07, 6.45) is 0.879. The van der Waals surface area contributed by atoms with Gasteiger partial charge in [0, 0.05) is 29.6 Å². The third kappa shape index (κ3) is 3.82. The predicted molar refractivity (Wildman–Crippen MR) is 98.4 cm³/mol. The molecular weight excluding hydrogens is 377 g/mol. The van der Waals surface area contributed by atoms with Crippen LogP contribution in [0.1, 0.15) is 28.8 Å². The molecule has 1 saturated heterocycles. The number of halogens is 2. The molecule has 0 saturated carbocycles. The second kappa shape index (κ2) is 7.47. The maximum absolute atomic E-state index is 13.0. The van der Waals surface area contributed by atoms with Gasteiger partial charge in [-0.25, -0.2) is 12.8 Å². The fourth-order valence-electron chi connectivity index (χ4n) is 3.09. The Balaban J connectivity index is 1.70. The molecule has 0 bridgehead atoms. The second-order valence-electron chi connectivity index (χ2n) is 6.46. The van der Waals surface area contributed by atoms with Crippen molar-refractivity contribution in [3.05, 3.63) is 64.4 Å². The highest BCUT2D eigenvalue weighted by atomic mass is 35.5. The van der Waals surface area contributed by atoms with E-state index in [1.54, 1.807) is 12.1 Å². The molecule has 1 heterocycles. The normalized spacial score (nSPS) is 16.6. The summed E-state index contributed by atoms with van der Waals surface area (Å²) >= 11 is 6.05. The first-order valence-electron chi connectivity index (χ1n) is 8.35. The Morgan fingerprint density at radius 3 is 2.31 bits per heavy atom. The third-order valence-corrected chi connectivity index (χ3v) is 7.04. The average Bonchev–Trinajstić information content (AvgIpc) is 2.64. The van der Waals surface area contributed by atoms with E-state index in [1.165, 1.54) is 34.6 Å². The maximum Gasteiger partial charge on any atom is 0.243 e. The van der Waals surface area contributed by atoms with Crippen molar-refractivity contribution < 1.29 is 17.6 Å². The number of rotatable bonds is 4. The fraction of sp³-hybridized carbons (Fsp3) is 0.316. The smallest absolute Gasteiger partial charge is 0.243 e. The Kier molecular flexibility index (Phi) is 5.46. The number of carbonyl (C=O) groups is 1. The first kappa shape index (κ1) is 19.0. The zero-order valence-corrected chi connectivity index (χ0v) is 15.9. The van der Waals surface area contributed by atoms with Crippen LogP contribution >= 0.6 is 11.6 Å². The van der Waals surface area contributed by atoms with Crippen LogP contribution in [0.5, 0.6) is 0 Å². The molecule has 0 radical (unpaired) electrons. The SMILES string of the molecule is Cc1ccc(S(=O)(=O)N2CCC(C(=O)c3ccc(F)cc3)CC2)cc1Cl. The molecular formula is C19H19ClFNO3S. The Hall–Kier alpha value is -1.76. The number of aryl methyl sites for hydroxylation is 1. The molecule has 2 aromatic rings. The molecule has 0 aromatic heterocycles. The van der Waals surface area contributed by atoms with Crippen LogP contribution < -0.4 is 0 Å². The molecule has 0 atom stereocenters. The number of Topliss-reactive ketones (excluding diaryl/α,β-unsaturated/α-hetero) is 1. The molecule has 7 heteroatoms. The molecule has 26 heavy (non-hydrogen) atoms. The quantitative estimate of drug-likeness (QED) is 0.733. The van der Waals surface area contributed by atoms with E-state index in [-0.39, 0.29) is 35.5 Å². The lowest BCUT2D eigenvalue weighted by molar-refractivity contribution is 0.0875. The standard InChI is InChI=1S/C19H19ClFNO3S/c1-13-2-7-17(12-18(13)20)26(24,25)22-10-8-15(9-11-22)19(23)14-3-5-16(21)6-4-14/h2-7,12,15H,8-11H2,1H3. The van der Waals surface area contributed by atoms with E-state index in [1.807, 2.05) is 6.92 Å². The van der Waals surface area contributed by atoms with Crippen LogP contribution in [0.25, 0.3) is 0 Å². The molecule has 0 spiro atoms.